The number of rotatable bonds is 47. The summed E-state index contributed by atoms with van der Waals surface area (Å²) in [5.74, 6) is -0.201. The van der Waals surface area contributed by atoms with Crippen LogP contribution in [0.15, 0.2) is 60.8 Å². The fraction of sp³-hybridized carbons (Fsp3) is 0.796. The van der Waals surface area contributed by atoms with Crippen LogP contribution in [0.2, 0.25) is 0 Å². The van der Waals surface area contributed by atoms with E-state index in [4.69, 9.17) is 9.05 Å². The maximum absolute atomic E-state index is 12.9. The van der Waals surface area contributed by atoms with Crippen LogP contribution in [0.25, 0.3) is 0 Å². The summed E-state index contributed by atoms with van der Waals surface area (Å²) in [5, 5.41) is 14.0. The monoisotopic (exact) mass is 906 g/mol. The van der Waals surface area contributed by atoms with Crippen LogP contribution in [0, 0.1) is 0 Å². The molecule has 1 amide bonds. The van der Waals surface area contributed by atoms with Gasteiger partial charge in [0.1, 0.15) is 13.2 Å². The summed E-state index contributed by atoms with van der Waals surface area (Å²) in [4.78, 5) is 23.2. The van der Waals surface area contributed by atoms with Crippen LogP contribution in [-0.4, -0.2) is 73.4 Å². The molecule has 3 unspecified atom stereocenters. The van der Waals surface area contributed by atoms with Gasteiger partial charge in [-0.3, -0.25) is 13.8 Å². The van der Waals surface area contributed by atoms with Gasteiger partial charge in [-0.2, -0.15) is 0 Å². The first-order chi connectivity index (χ1) is 30.5. The summed E-state index contributed by atoms with van der Waals surface area (Å²) in [6.07, 6.45) is 59.9. The molecule has 63 heavy (non-hydrogen) atoms. The van der Waals surface area contributed by atoms with E-state index < -0.39 is 20.0 Å². The molecule has 0 radical (unpaired) electrons. The zero-order valence-corrected chi connectivity index (χ0v) is 42.7. The molecule has 0 aliphatic rings. The quantitative estimate of drug-likeness (QED) is 0.0243. The van der Waals surface area contributed by atoms with E-state index in [-0.39, 0.29) is 19.1 Å². The van der Waals surface area contributed by atoms with Gasteiger partial charge in [0.2, 0.25) is 5.91 Å². The van der Waals surface area contributed by atoms with Crippen molar-refractivity contribution >= 4 is 13.7 Å². The highest BCUT2D eigenvalue weighted by molar-refractivity contribution is 7.47. The van der Waals surface area contributed by atoms with E-state index in [0.717, 1.165) is 57.8 Å². The smallest absolute Gasteiger partial charge is 0.391 e. The number of aliphatic hydroxyl groups is 1. The molecule has 0 fully saturated rings. The van der Waals surface area contributed by atoms with Crippen LogP contribution < -0.4 is 5.32 Å². The molecule has 0 aliphatic carbocycles. The predicted octanol–water partition coefficient (Wildman–Crippen LogP) is 15.4. The van der Waals surface area contributed by atoms with Crippen LogP contribution in [0.1, 0.15) is 226 Å². The summed E-state index contributed by atoms with van der Waals surface area (Å²) in [6, 6.07) is -0.793. The number of carbonyl (C=O) groups excluding carboxylic acids is 1. The van der Waals surface area contributed by atoms with Crippen molar-refractivity contribution in [1.82, 2.24) is 5.32 Å². The summed E-state index contributed by atoms with van der Waals surface area (Å²) < 4.78 is 23.7. The minimum absolute atomic E-state index is 0.0617. The molecular weight excluding hydrogens is 804 g/mol. The highest BCUT2D eigenvalue weighted by Gasteiger charge is 2.28. The highest BCUT2D eigenvalue weighted by Crippen LogP contribution is 2.43. The van der Waals surface area contributed by atoms with Crippen molar-refractivity contribution in [2.75, 3.05) is 40.9 Å². The van der Waals surface area contributed by atoms with Gasteiger partial charge in [0.15, 0.2) is 0 Å². The number of quaternary nitrogens is 1. The summed E-state index contributed by atoms with van der Waals surface area (Å²) >= 11 is 0. The maximum atomic E-state index is 12.9. The first-order valence-electron chi connectivity index (χ1n) is 26.2. The van der Waals surface area contributed by atoms with Gasteiger partial charge in [-0.25, -0.2) is 4.57 Å². The molecule has 368 valence electrons. The number of phosphoric acid groups is 1. The summed E-state index contributed by atoms with van der Waals surface area (Å²) in [7, 11) is 1.58. The number of carbonyl (C=O) groups is 1. The Balaban J connectivity index is 4.29. The molecule has 3 N–H and O–H groups in total. The molecule has 0 saturated carbocycles. The summed E-state index contributed by atoms with van der Waals surface area (Å²) in [6.45, 7) is 4.74. The minimum atomic E-state index is -4.34. The fourth-order valence-corrected chi connectivity index (χ4v) is 8.17. The molecule has 0 bridgehead atoms. The molecule has 3 atom stereocenters. The molecule has 0 heterocycles. The number of amides is 1. The number of unbranched alkanes of at least 4 members (excludes halogenated alkanes) is 24. The lowest BCUT2D eigenvalue weighted by atomic mass is 10.0. The van der Waals surface area contributed by atoms with E-state index in [1.807, 2.05) is 21.1 Å². The third-order valence-electron chi connectivity index (χ3n) is 11.5. The van der Waals surface area contributed by atoms with Gasteiger partial charge in [-0.1, -0.05) is 229 Å². The standard InChI is InChI=1S/C54H101N2O6P/c1-6-8-10-12-14-16-18-20-22-24-25-26-27-28-29-30-32-33-35-37-39-41-43-45-47-53(57)52(51-62-63(59,60)61-50-49-56(3,4)5)55-54(58)48-46-44-42-40-38-36-34-31-23-21-19-17-15-13-11-9-7-2/h9,11,15,17,21,23,34,36,40,42,52-53,57H,6-8,10,12-14,16,18-20,22,24-33,35,37-39,41,43-51H2,1-5H3,(H-,55,58,59,60)/p+1/b11-9-,17-15-,23-21-,36-34-,42-40-. The first kappa shape index (κ1) is 61.2. The maximum Gasteiger partial charge on any atom is 0.472 e. The lowest BCUT2D eigenvalue weighted by molar-refractivity contribution is -0.870. The van der Waals surface area contributed by atoms with Gasteiger partial charge in [0.05, 0.1) is 39.9 Å². The molecule has 0 rings (SSSR count). The molecule has 0 aromatic rings. The average molecular weight is 906 g/mol. The van der Waals surface area contributed by atoms with Gasteiger partial charge in [0.25, 0.3) is 0 Å². The number of nitrogens with zero attached hydrogens (tertiary/aromatic N) is 1. The van der Waals surface area contributed by atoms with Gasteiger partial charge >= 0.3 is 7.82 Å². The lowest BCUT2D eigenvalue weighted by Gasteiger charge is -2.26. The Morgan fingerprint density at radius 2 is 0.937 bits per heavy atom. The molecule has 0 spiro atoms. The van der Waals surface area contributed by atoms with Crippen molar-refractivity contribution < 1.29 is 32.9 Å². The number of phosphoric ester groups is 1. The van der Waals surface area contributed by atoms with Gasteiger partial charge in [0, 0.05) is 6.42 Å². The lowest BCUT2D eigenvalue weighted by Crippen LogP contribution is -2.46. The van der Waals surface area contributed by atoms with Crippen molar-refractivity contribution in [2.24, 2.45) is 0 Å². The largest absolute Gasteiger partial charge is 0.472 e. The van der Waals surface area contributed by atoms with Crippen LogP contribution in [0.3, 0.4) is 0 Å². The number of nitrogens with one attached hydrogen (secondary N) is 1. The van der Waals surface area contributed by atoms with Gasteiger partial charge in [-0.15, -0.1) is 0 Å². The molecule has 0 aliphatic heterocycles. The Kier molecular flexibility index (Phi) is 44.1. The number of hydrogen-bond donors (Lipinski definition) is 3. The van der Waals surface area contributed by atoms with E-state index in [9.17, 15) is 19.4 Å². The Hall–Kier alpha value is -1.80. The molecule has 8 nitrogen and oxygen atoms in total. The van der Waals surface area contributed by atoms with Crippen LogP contribution in [-0.2, 0) is 18.4 Å². The van der Waals surface area contributed by atoms with E-state index in [1.165, 1.54) is 135 Å². The van der Waals surface area contributed by atoms with E-state index in [0.29, 0.717) is 30.3 Å². The Labute approximate surface area is 390 Å². The van der Waals surface area contributed by atoms with E-state index >= 15 is 0 Å². The second-order valence-corrected chi connectivity index (χ2v) is 20.3. The predicted molar refractivity (Wildman–Crippen MR) is 272 cm³/mol. The number of likely N-dealkylation sites (N-methyl/N-ethyl adjacent to an activating group) is 1. The second-order valence-electron chi connectivity index (χ2n) is 18.9. The van der Waals surface area contributed by atoms with Crippen LogP contribution in [0.5, 0.6) is 0 Å². The number of hydrogen-bond acceptors (Lipinski definition) is 5. The topological polar surface area (TPSA) is 105 Å². The average Bonchev–Trinajstić information content (AvgIpc) is 3.24. The van der Waals surface area contributed by atoms with Crippen molar-refractivity contribution in [3.05, 3.63) is 60.8 Å². The zero-order valence-electron chi connectivity index (χ0n) is 41.8. The molecule has 0 aromatic carbocycles. The van der Waals surface area contributed by atoms with E-state index in [1.54, 1.807) is 0 Å². The zero-order chi connectivity index (χ0) is 46.4. The van der Waals surface area contributed by atoms with Gasteiger partial charge in [-0.05, 0) is 51.4 Å². The Morgan fingerprint density at radius 3 is 1.33 bits per heavy atom. The highest BCUT2D eigenvalue weighted by atomic mass is 31.2. The number of allylic oxidation sites excluding steroid dienone is 10. The van der Waals surface area contributed by atoms with Crippen LogP contribution >= 0.6 is 7.82 Å². The van der Waals surface area contributed by atoms with Crippen molar-refractivity contribution in [3.63, 3.8) is 0 Å². The second kappa shape index (κ2) is 45.4. The molecular formula is C54H102N2O6P+. The summed E-state index contributed by atoms with van der Waals surface area (Å²) in [5.41, 5.74) is 0. The normalized spacial score (nSPS) is 14.6. The van der Waals surface area contributed by atoms with Gasteiger partial charge < -0.3 is 19.8 Å². The Bertz CT molecular complexity index is 1210. The molecule has 0 aromatic heterocycles. The van der Waals surface area contributed by atoms with Crippen molar-refractivity contribution in [1.29, 1.82) is 0 Å². The molecule has 0 saturated heterocycles. The first-order valence-corrected chi connectivity index (χ1v) is 27.6. The molecule has 9 heteroatoms. The van der Waals surface area contributed by atoms with Crippen molar-refractivity contribution in [2.45, 2.75) is 238 Å². The number of aliphatic hydroxyl groups excluding tert-OH is 1. The Morgan fingerprint density at radius 1 is 0.556 bits per heavy atom. The SMILES string of the molecule is CC/C=C\C/C=C\C/C=C\C/C=C\C/C=C\CCCC(=O)NC(COP(=O)(O)OCC[N+](C)(C)C)C(O)CCCCCCCCCCCCCCCCCCCCCCCCCC. The third kappa shape index (κ3) is 48.0. The van der Waals surface area contributed by atoms with E-state index in [2.05, 4.69) is 79.9 Å². The minimum Gasteiger partial charge on any atom is -0.391 e. The van der Waals surface area contributed by atoms with Crippen molar-refractivity contribution in [3.8, 4) is 0 Å². The third-order valence-corrected chi connectivity index (χ3v) is 12.5. The fourth-order valence-electron chi connectivity index (χ4n) is 7.44. The van der Waals surface area contributed by atoms with Crippen LogP contribution in [0.4, 0.5) is 0 Å².